The van der Waals surface area contributed by atoms with Crippen molar-refractivity contribution in [1.29, 1.82) is 0 Å². The van der Waals surface area contributed by atoms with Gasteiger partial charge >= 0.3 is 0 Å². The van der Waals surface area contributed by atoms with Crippen LogP contribution in [-0.2, 0) is 9.53 Å². The molecule has 2 aromatic rings. The van der Waals surface area contributed by atoms with Crippen molar-refractivity contribution in [2.75, 3.05) is 26.3 Å². The Morgan fingerprint density at radius 3 is 2.62 bits per heavy atom. The van der Waals surface area contributed by atoms with Crippen molar-refractivity contribution in [2.24, 2.45) is 0 Å². The molecule has 1 atom stereocenters. The summed E-state index contributed by atoms with van der Waals surface area (Å²) < 4.78 is 5.31. The van der Waals surface area contributed by atoms with Gasteiger partial charge in [-0.2, -0.15) is 0 Å². The van der Waals surface area contributed by atoms with Crippen LogP contribution >= 0.6 is 11.8 Å². The van der Waals surface area contributed by atoms with Crippen LogP contribution in [0.25, 0.3) is 11.3 Å². The van der Waals surface area contributed by atoms with Gasteiger partial charge in [-0.05, 0) is 19.9 Å². The van der Waals surface area contributed by atoms with Crippen molar-refractivity contribution in [2.45, 2.75) is 24.1 Å². The topological polar surface area (TPSA) is 55.3 Å². The fourth-order valence-corrected chi connectivity index (χ4v) is 3.61. The molecule has 0 saturated carbocycles. The first kappa shape index (κ1) is 16.9. The number of aryl methyl sites for hydroxylation is 1. The molecular weight excluding hydrogens is 322 g/mol. The molecular formula is C18H21N3O2S. The average Bonchev–Trinajstić information content (AvgIpc) is 2.62. The van der Waals surface area contributed by atoms with E-state index in [4.69, 9.17) is 4.74 Å². The van der Waals surface area contributed by atoms with Gasteiger partial charge in [0.1, 0.15) is 10.9 Å². The molecule has 1 aliphatic heterocycles. The highest BCUT2D eigenvalue weighted by Gasteiger charge is 2.23. The van der Waals surface area contributed by atoms with E-state index in [-0.39, 0.29) is 11.2 Å². The van der Waals surface area contributed by atoms with Gasteiger partial charge in [-0.15, -0.1) is 0 Å². The largest absolute Gasteiger partial charge is 0.378 e. The highest BCUT2D eigenvalue weighted by Crippen LogP contribution is 2.27. The molecule has 1 fully saturated rings. The zero-order valence-electron chi connectivity index (χ0n) is 13.9. The van der Waals surface area contributed by atoms with Crippen LogP contribution in [0.4, 0.5) is 0 Å². The van der Waals surface area contributed by atoms with E-state index >= 15 is 0 Å². The van der Waals surface area contributed by atoms with Crippen LogP contribution in [0.15, 0.2) is 41.4 Å². The number of hydrogen-bond acceptors (Lipinski definition) is 5. The van der Waals surface area contributed by atoms with E-state index < -0.39 is 0 Å². The van der Waals surface area contributed by atoms with Gasteiger partial charge in [0.05, 0.1) is 24.2 Å². The number of morpholine rings is 1. The molecule has 1 saturated heterocycles. The molecule has 5 nitrogen and oxygen atoms in total. The van der Waals surface area contributed by atoms with Crippen molar-refractivity contribution in [3.05, 3.63) is 42.2 Å². The minimum Gasteiger partial charge on any atom is -0.378 e. The van der Waals surface area contributed by atoms with Crippen molar-refractivity contribution in [3.63, 3.8) is 0 Å². The summed E-state index contributed by atoms with van der Waals surface area (Å²) in [4.78, 5) is 23.4. The number of aromatic nitrogens is 2. The Kier molecular flexibility index (Phi) is 5.48. The van der Waals surface area contributed by atoms with Crippen LogP contribution in [0, 0.1) is 6.92 Å². The first-order valence-corrected chi connectivity index (χ1v) is 8.96. The average molecular weight is 343 g/mol. The Hall–Kier alpha value is -1.92. The van der Waals surface area contributed by atoms with Crippen molar-refractivity contribution < 1.29 is 9.53 Å². The Morgan fingerprint density at radius 1 is 1.21 bits per heavy atom. The summed E-state index contributed by atoms with van der Waals surface area (Å²) in [6.07, 6.45) is 0. The summed E-state index contributed by atoms with van der Waals surface area (Å²) >= 11 is 1.49. The molecule has 126 valence electrons. The molecule has 0 spiro atoms. The van der Waals surface area contributed by atoms with Gasteiger partial charge in [0.15, 0.2) is 0 Å². The van der Waals surface area contributed by atoms with E-state index in [1.807, 2.05) is 55.1 Å². The molecule has 2 heterocycles. The summed E-state index contributed by atoms with van der Waals surface area (Å²) in [5.41, 5.74) is 1.94. The Morgan fingerprint density at radius 2 is 1.92 bits per heavy atom. The van der Waals surface area contributed by atoms with E-state index in [0.29, 0.717) is 32.1 Å². The molecule has 0 bridgehead atoms. The predicted octanol–water partition coefficient (Wildman–Crippen LogP) is 2.79. The lowest BCUT2D eigenvalue weighted by molar-refractivity contribution is -0.134. The lowest BCUT2D eigenvalue weighted by Crippen LogP contribution is -2.44. The number of thioether (sulfide) groups is 1. The zero-order chi connectivity index (χ0) is 16.9. The van der Waals surface area contributed by atoms with Crippen LogP contribution < -0.4 is 0 Å². The number of benzene rings is 1. The van der Waals surface area contributed by atoms with Crippen LogP contribution in [0.2, 0.25) is 0 Å². The van der Waals surface area contributed by atoms with Gasteiger partial charge < -0.3 is 9.64 Å². The minimum absolute atomic E-state index is 0.140. The second kappa shape index (κ2) is 7.77. The summed E-state index contributed by atoms with van der Waals surface area (Å²) in [5.74, 6) is 0.853. The number of ether oxygens (including phenoxy) is 1. The third-order valence-corrected chi connectivity index (χ3v) is 4.86. The Balaban J connectivity index is 1.74. The maximum atomic E-state index is 12.5. The highest BCUT2D eigenvalue weighted by molar-refractivity contribution is 8.00. The van der Waals surface area contributed by atoms with E-state index in [1.165, 1.54) is 11.8 Å². The number of rotatable bonds is 4. The van der Waals surface area contributed by atoms with E-state index in [1.54, 1.807) is 0 Å². The second-order valence-electron chi connectivity index (χ2n) is 5.70. The lowest BCUT2D eigenvalue weighted by atomic mass is 10.1. The Bertz CT molecular complexity index is 703. The van der Waals surface area contributed by atoms with Crippen LogP contribution in [0.3, 0.4) is 0 Å². The lowest BCUT2D eigenvalue weighted by Gasteiger charge is -2.29. The zero-order valence-corrected chi connectivity index (χ0v) is 14.8. The summed E-state index contributed by atoms with van der Waals surface area (Å²) in [6, 6.07) is 12.0. The van der Waals surface area contributed by atoms with E-state index in [9.17, 15) is 4.79 Å². The SMILES string of the molecule is Cc1nc(S[C@@H](C)C(=O)N2CCOCC2)cc(-c2ccccc2)n1. The first-order chi connectivity index (χ1) is 11.6. The predicted molar refractivity (Wildman–Crippen MR) is 94.9 cm³/mol. The van der Waals surface area contributed by atoms with Crippen molar-refractivity contribution in [1.82, 2.24) is 14.9 Å². The van der Waals surface area contributed by atoms with Gasteiger partial charge in [-0.1, -0.05) is 42.1 Å². The van der Waals surface area contributed by atoms with Crippen LogP contribution in [0.5, 0.6) is 0 Å². The molecule has 1 aromatic carbocycles. The number of amides is 1. The fourth-order valence-electron chi connectivity index (χ4n) is 2.63. The number of carbonyl (C=O) groups excluding carboxylic acids is 1. The number of carbonyl (C=O) groups is 1. The van der Waals surface area contributed by atoms with Gasteiger partial charge in [0, 0.05) is 18.7 Å². The molecule has 24 heavy (non-hydrogen) atoms. The maximum absolute atomic E-state index is 12.5. The molecule has 3 rings (SSSR count). The molecule has 1 aromatic heterocycles. The quantitative estimate of drug-likeness (QED) is 0.631. The van der Waals surface area contributed by atoms with Crippen LogP contribution in [-0.4, -0.2) is 52.3 Å². The molecule has 1 amide bonds. The van der Waals surface area contributed by atoms with Crippen molar-refractivity contribution >= 4 is 17.7 Å². The van der Waals surface area contributed by atoms with Gasteiger partial charge in [-0.25, -0.2) is 9.97 Å². The smallest absolute Gasteiger partial charge is 0.235 e. The number of nitrogens with zero attached hydrogens (tertiary/aromatic N) is 3. The Labute approximate surface area is 146 Å². The maximum Gasteiger partial charge on any atom is 0.235 e. The third-order valence-electron chi connectivity index (χ3n) is 3.85. The van der Waals surface area contributed by atoms with Crippen LogP contribution in [0.1, 0.15) is 12.7 Å². The van der Waals surface area contributed by atoms with Crippen molar-refractivity contribution in [3.8, 4) is 11.3 Å². The summed E-state index contributed by atoms with van der Waals surface area (Å²) in [6.45, 7) is 6.39. The second-order valence-corrected chi connectivity index (χ2v) is 7.06. The monoisotopic (exact) mass is 343 g/mol. The van der Waals surface area contributed by atoms with Gasteiger partial charge in [-0.3, -0.25) is 4.79 Å². The molecule has 0 N–H and O–H groups in total. The standard InChI is InChI=1S/C18H21N3O2S/c1-13(18(22)21-8-10-23-11-9-21)24-17-12-16(19-14(2)20-17)15-6-4-3-5-7-15/h3-7,12-13H,8-11H2,1-2H3/t13-/m0/s1. The molecule has 0 unspecified atom stereocenters. The first-order valence-electron chi connectivity index (χ1n) is 8.08. The fraction of sp³-hybridized carbons (Fsp3) is 0.389. The molecule has 6 heteroatoms. The minimum atomic E-state index is -0.180. The molecule has 1 aliphatic rings. The van der Waals surface area contributed by atoms with Gasteiger partial charge in [0.2, 0.25) is 5.91 Å². The van der Waals surface area contributed by atoms with Gasteiger partial charge in [0.25, 0.3) is 0 Å². The van der Waals surface area contributed by atoms with E-state index in [2.05, 4.69) is 9.97 Å². The summed E-state index contributed by atoms with van der Waals surface area (Å²) in [5, 5.41) is 0.650. The molecule has 0 radical (unpaired) electrons. The highest BCUT2D eigenvalue weighted by atomic mass is 32.2. The van der Waals surface area contributed by atoms with E-state index in [0.717, 1.165) is 16.3 Å². The number of hydrogen-bond donors (Lipinski definition) is 0. The third kappa shape index (κ3) is 4.13. The molecule has 0 aliphatic carbocycles. The normalized spacial score (nSPS) is 16.0. The summed E-state index contributed by atoms with van der Waals surface area (Å²) in [7, 11) is 0.